The van der Waals surface area contributed by atoms with E-state index in [1.807, 2.05) is 12.1 Å². The molecule has 0 amide bonds. The molecule has 0 aliphatic heterocycles. The number of rotatable bonds is 6. The van der Waals surface area contributed by atoms with Crippen LogP contribution in [0, 0.1) is 5.92 Å². The first kappa shape index (κ1) is 13.9. The molecule has 0 radical (unpaired) electrons. The zero-order valence-corrected chi connectivity index (χ0v) is 11.6. The lowest BCUT2D eigenvalue weighted by molar-refractivity contribution is 0.527. The Morgan fingerprint density at radius 1 is 1.35 bits per heavy atom. The highest BCUT2D eigenvalue weighted by molar-refractivity contribution is 7.80. The van der Waals surface area contributed by atoms with Crippen LogP contribution in [0.15, 0.2) is 18.3 Å². The van der Waals surface area contributed by atoms with Crippen molar-refractivity contribution in [3.8, 4) is 0 Å². The van der Waals surface area contributed by atoms with Crippen LogP contribution in [0.25, 0.3) is 0 Å². The Morgan fingerprint density at radius 3 is 2.53 bits per heavy atom. The first-order valence-electron chi connectivity index (χ1n) is 6.01. The van der Waals surface area contributed by atoms with Gasteiger partial charge in [0.15, 0.2) is 0 Å². The Bertz CT molecular complexity index is 359. The standard InChI is InChI=1S/C13H21N3S/c1-9(2)4-5-10(3)16-12-7-6-11(8-15-12)13(14)17/h6-10H,4-5H2,1-3H3,(H2,14,17)(H,15,16). The molecular weight excluding hydrogens is 230 g/mol. The van der Waals surface area contributed by atoms with Crippen LogP contribution in [0.1, 0.15) is 39.2 Å². The van der Waals surface area contributed by atoms with E-state index >= 15 is 0 Å². The second-order valence-corrected chi connectivity index (χ2v) is 5.25. The molecule has 3 N–H and O–H groups in total. The van der Waals surface area contributed by atoms with Gasteiger partial charge in [-0.3, -0.25) is 0 Å². The lowest BCUT2D eigenvalue weighted by Gasteiger charge is -2.15. The molecule has 0 saturated carbocycles. The molecule has 1 unspecified atom stereocenters. The van der Waals surface area contributed by atoms with Gasteiger partial charge in [-0.25, -0.2) is 4.98 Å². The highest BCUT2D eigenvalue weighted by atomic mass is 32.1. The molecule has 1 aromatic heterocycles. The van der Waals surface area contributed by atoms with Crippen LogP contribution < -0.4 is 11.1 Å². The minimum Gasteiger partial charge on any atom is -0.389 e. The van der Waals surface area contributed by atoms with Gasteiger partial charge in [0.25, 0.3) is 0 Å². The maximum Gasteiger partial charge on any atom is 0.126 e. The smallest absolute Gasteiger partial charge is 0.126 e. The topological polar surface area (TPSA) is 50.9 Å². The van der Waals surface area contributed by atoms with E-state index in [4.69, 9.17) is 18.0 Å². The summed E-state index contributed by atoms with van der Waals surface area (Å²) in [5.41, 5.74) is 6.32. The fourth-order valence-electron chi connectivity index (χ4n) is 1.53. The molecule has 0 aliphatic carbocycles. The predicted octanol–water partition coefficient (Wildman–Crippen LogP) is 2.95. The van der Waals surface area contributed by atoms with Crippen LogP contribution in [0.3, 0.4) is 0 Å². The Labute approximate surface area is 109 Å². The second kappa shape index (κ2) is 6.55. The van der Waals surface area contributed by atoms with Gasteiger partial charge in [-0.1, -0.05) is 26.1 Å². The fourth-order valence-corrected chi connectivity index (χ4v) is 1.65. The van der Waals surface area contributed by atoms with Crippen molar-refractivity contribution in [2.24, 2.45) is 11.7 Å². The summed E-state index contributed by atoms with van der Waals surface area (Å²) in [6.07, 6.45) is 4.08. The summed E-state index contributed by atoms with van der Waals surface area (Å²) >= 11 is 4.88. The van der Waals surface area contributed by atoms with Crippen molar-refractivity contribution in [3.63, 3.8) is 0 Å². The summed E-state index contributed by atoms with van der Waals surface area (Å²) < 4.78 is 0. The number of aromatic nitrogens is 1. The molecule has 0 fully saturated rings. The molecule has 1 atom stereocenters. The van der Waals surface area contributed by atoms with Crippen LogP contribution in [-0.2, 0) is 0 Å². The average molecular weight is 251 g/mol. The third-order valence-electron chi connectivity index (χ3n) is 2.62. The first-order chi connectivity index (χ1) is 7.99. The summed E-state index contributed by atoms with van der Waals surface area (Å²) in [6.45, 7) is 6.65. The quantitative estimate of drug-likeness (QED) is 0.763. The van der Waals surface area contributed by atoms with Crippen LogP contribution >= 0.6 is 12.2 Å². The second-order valence-electron chi connectivity index (χ2n) is 4.81. The molecule has 1 aromatic rings. The number of hydrogen-bond acceptors (Lipinski definition) is 3. The SMILES string of the molecule is CC(C)CCC(C)Nc1ccc(C(N)=S)cn1. The monoisotopic (exact) mass is 251 g/mol. The van der Waals surface area contributed by atoms with E-state index in [0.717, 1.165) is 23.7 Å². The van der Waals surface area contributed by atoms with Gasteiger partial charge in [0.1, 0.15) is 10.8 Å². The third-order valence-corrected chi connectivity index (χ3v) is 2.86. The summed E-state index contributed by atoms with van der Waals surface area (Å²) in [4.78, 5) is 4.67. The number of nitrogens with one attached hydrogen (secondary N) is 1. The van der Waals surface area contributed by atoms with Gasteiger partial charge >= 0.3 is 0 Å². The number of pyridine rings is 1. The van der Waals surface area contributed by atoms with Crippen molar-refractivity contribution in [1.82, 2.24) is 4.98 Å². The number of hydrogen-bond donors (Lipinski definition) is 2. The Kier molecular flexibility index (Phi) is 5.35. The Balaban J connectivity index is 2.48. The third kappa shape index (κ3) is 5.13. The molecule has 3 nitrogen and oxygen atoms in total. The van der Waals surface area contributed by atoms with E-state index in [2.05, 4.69) is 31.1 Å². The summed E-state index contributed by atoms with van der Waals surface area (Å²) in [7, 11) is 0. The van der Waals surface area contributed by atoms with E-state index in [1.54, 1.807) is 6.20 Å². The van der Waals surface area contributed by atoms with Crippen molar-refractivity contribution >= 4 is 23.0 Å². The minimum absolute atomic E-state index is 0.386. The number of nitrogens with two attached hydrogens (primary N) is 1. The Morgan fingerprint density at radius 2 is 2.06 bits per heavy atom. The van der Waals surface area contributed by atoms with Crippen molar-refractivity contribution in [2.45, 2.75) is 39.7 Å². The molecule has 0 bridgehead atoms. The molecule has 94 valence electrons. The molecule has 0 spiro atoms. The van der Waals surface area contributed by atoms with Gasteiger partial charge in [0.05, 0.1) is 0 Å². The lowest BCUT2D eigenvalue weighted by Crippen LogP contribution is -2.17. The van der Waals surface area contributed by atoms with Gasteiger partial charge in [0, 0.05) is 17.8 Å². The highest BCUT2D eigenvalue weighted by Gasteiger charge is 2.05. The van der Waals surface area contributed by atoms with Crippen LogP contribution in [0.2, 0.25) is 0 Å². The maximum absolute atomic E-state index is 5.52. The van der Waals surface area contributed by atoms with Crippen LogP contribution in [0.4, 0.5) is 5.82 Å². The van der Waals surface area contributed by atoms with Gasteiger partial charge in [-0.15, -0.1) is 0 Å². The van der Waals surface area contributed by atoms with Crippen LogP contribution in [0.5, 0.6) is 0 Å². The van der Waals surface area contributed by atoms with E-state index < -0.39 is 0 Å². The van der Waals surface area contributed by atoms with Crippen molar-refractivity contribution in [2.75, 3.05) is 5.32 Å². The molecule has 0 aromatic carbocycles. The van der Waals surface area contributed by atoms with Gasteiger partial charge in [-0.2, -0.15) is 0 Å². The Hall–Kier alpha value is -1.16. The lowest BCUT2D eigenvalue weighted by atomic mass is 10.0. The average Bonchev–Trinajstić information content (AvgIpc) is 2.27. The molecule has 17 heavy (non-hydrogen) atoms. The fraction of sp³-hybridized carbons (Fsp3) is 0.538. The number of nitrogens with zero attached hydrogens (tertiary/aromatic N) is 1. The van der Waals surface area contributed by atoms with E-state index in [1.165, 1.54) is 6.42 Å². The van der Waals surface area contributed by atoms with Crippen molar-refractivity contribution in [1.29, 1.82) is 0 Å². The molecular formula is C13H21N3S. The zero-order valence-electron chi connectivity index (χ0n) is 10.7. The van der Waals surface area contributed by atoms with Crippen molar-refractivity contribution < 1.29 is 0 Å². The summed E-state index contributed by atoms with van der Waals surface area (Å²) in [5, 5.41) is 3.37. The van der Waals surface area contributed by atoms with Gasteiger partial charge in [0.2, 0.25) is 0 Å². The predicted molar refractivity (Wildman–Crippen MR) is 77.3 cm³/mol. The normalized spacial score (nSPS) is 12.5. The van der Waals surface area contributed by atoms with Gasteiger partial charge in [-0.05, 0) is 37.8 Å². The van der Waals surface area contributed by atoms with Gasteiger partial charge < -0.3 is 11.1 Å². The van der Waals surface area contributed by atoms with E-state index in [9.17, 15) is 0 Å². The molecule has 4 heteroatoms. The zero-order chi connectivity index (χ0) is 12.8. The number of thiocarbonyl (C=S) groups is 1. The summed E-state index contributed by atoms with van der Waals surface area (Å²) in [6, 6.07) is 4.24. The summed E-state index contributed by atoms with van der Waals surface area (Å²) in [5.74, 6) is 1.62. The van der Waals surface area contributed by atoms with E-state index in [-0.39, 0.29) is 0 Å². The molecule has 1 rings (SSSR count). The van der Waals surface area contributed by atoms with Crippen LogP contribution in [-0.4, -0.2) is 16.0 Å². The van der Waals surface area contributed by atoms with Crippen molar-refractivity contribution in [3.05, 3.63) is 23.9 Å². The number of anilines is 1. The molecule has 0 aliphatic rings. The molecule has 0 saturated heterocycles. The minimum atomic E-state index is 0.386. The first-order valence-corrected chi connectivity index (χ1v) is 6.42. The highest BCUT2D eigenvalue weighted by Crippen LogP contribution is 2.11. The largest absolute Gasteiger partial charge is 0.389 e. The maximum atomic E-state index is 5.52. The molecule has 1 heterocycles. The van der Waals surface area contributed by atoms with E-state index in [0.29, 0.717) is 11.0 Å².